The van der Waals surface area contributed by atoms with E-state index in [9.17, 15) is 4.79 Å². The molecule has 4 heterocycles. The van der Waals surface area contributed by atoms with Crippen molar-refractivity contribution in [3.05, 3.63) is 53.2 Å². The van der Waals surface area contributed by atoms with Crippen LogP contribution >= 0.6 is 0 Å². The molecule has 3 aromatic rings. The van der Waals surface area contributed by atoms with Gasteiger partial charge in [-0.1, -0.05) is 29.8 Å². The number of likely N-dealkylation sites (tertiary alicyclic amines) is 2. The molecular weight excluding hydrogens is 418 g/mol. The average molecular weight is 450 g/mol. The minimum Gasteiger partial charge on any atom is -0.375 e. The van der Waals surface area contributed by atoms with E-state index in [1.807, 2.05) is 18.0 Å². The van der Waals surface area contributed by atoms with Crippen LogP contribution in [0.3, 0.4) is 0 Å². The first-order chi connectivity index (χ1) is 16.0. The summed E-state index contributed by atoms with van der Waals surface area (Å²) < 4.78 is 5.09. The number of aromatic amines is 2. The van der Waals surface area contributed by atoms with Gasteiger partial charge >= 0.3 is 0 Å². The molecule has 2 N–H and O–H groups in total. The Morgan fingerprint density at radius 1 is 1.21 bits per heavy atom. The van der Waals surface area contributed by atoms with Crippen molar-refractivity contribution >= 4 is 5.91 Å². The second-order valence-electron chi connectivity index (χ2n) is 9.43. The monoisotopic (exact) mass is 449 g/mol. The van der Waals surface area contributed by atoms with Gasteiger partial charge < -0.3 is 9.64 Å². The number of H-pyrrole nitrogens is 2. The molecule has 2 atom stereocenters. The molecule has 0 aliphatic carbocycles. The normalized spacial score (nSPS) is 23.1. The Hall–Kier alpha value is -3.04. The van der Waals surface area contributed by atoms with E-state index in [0.29, 0.717) is 13.1 Å². The molecule has 0 saturated carbocycles. The van der Waals surface area contributed by atoms with E-state index in [2.05, 4.69) is 56.5 Å². The summed E-state index contributed by atoms with van der Waals surface area (Å²) in [4.78, 5) is 21.7. The van der Waals surface area contributed by atoms with Crippen molar-refractivity contribution in [3.63, 3.8) is 0 Å². The zero-order valence-electron chi connectivity index (χ0n) is 19.5. The number of ether oxygens (including phenoxy) is 1. The van der Waals surface area contributed by atoms with E-state index in [0.717, 1.165) is 49.0 Å². The molecule has 2 saturated heterocycles. The summed E-state index contributed by atoms with van der Waals surface area (Å²) in [6.07, 6.45) is 2.77. The predicted octanol–water partition coefficient (Wildman–Crippen LogP) is 2.06. The zero-order valence-corrected chi connectivity index (χ0v) is 19.5. The summed E-state index contributed by atoms with van der Waals surface area (Å²) in [7, 11) is 1.57. The van der Waals surface area contributed by atoms with E-state index in [1.165, 1.54) is 11.1 Å². The quantitative estimate of drug-likeness (QED) is 0.597. The summed E-state index contributed by atoms with van der Waals surface area (Å²) >= 11 is 0. The fourth-order valence-corrected chi connectivity index (χ4v) is 5.42. The Balaban J connectivity index is 1.40. The highest BCUT2D eigenvalue weighted by atomic mass is 16.5. The van der Waals surface area contributed by atoms with Gasteiger partial charge in [0.1, 0.15) is 12.4 Å². The number of aromatic nitrogens is 5. The highest BCUT2D eigenvalue weighted by Gasteiger charge is 2.53. The Morgan fingerprint density at radius 3 is 2.76 bits per heavy atom. The van der Waals surface area contributed by atoms with Gasteiger partial charge in [0.25, 0.3) is 0 Å². The molecule has 5 rings (SSSR count). The first-order valence-corrected chi connectivity index (χ1v) is 11.5. The lowest BCUT2D eigenvalue weighted by atomic mass is 9.72. The van der Waals surface area contributed by atoms with E-state index in [-0.39, 0.29) is 23.8 Å². The minimum absolute atomic E-state index is 0.0483. The Labute approximate surface area is 193 Å². The van der Waals surface area contributed by atoms with Crippen LogP contribution in [0.25, 0.3) is 11.3 Å². The number of piperidine rings is 1. The van der Waals surface area contributed by atoms with Gasteiger partial charge in [-0.15, -0.1) is 0 Å². The lowest BCUT2D eigenvalue weighted by molar-refractivity contribution is -0.137. The molecule has 33 heavy (non-hydrogen) atoms. The number of carbonyl (C=O) groups excluding carboxylic acids is 1. The Bertz CT molecular complexity index is 1120. The molecule has 9 heteroatoms. The van der Waals surface area contributed by atoms with E-state index >= 15 is 0 Å². The second-order valence-corrected chi connectivity index (χ2v) is 9.43. The van der Waals surface area contributed by atoms with Crippen LogP contribution in [0.4, 0.5) is 0 Å². The minimum atomic E-state index is -0.164. The van der Waals surface area contributed by atoms with Crippen molar-refractivity contribution in [2.24, 2.45) is 5.92 Å². The molecule has 2 aromatic heterocycles. The maximum atomic E-state index is 12.5. The van der Waals surface area contributed by atoms with Gasteiger partial charge in [0.15, 0.2) is 5.82 Å². The van der Waals surface area contributed by atoms with Gasteiger partial charge in [0.05, 0.1) is 17.3 Å². The maximum Gasteiger partial charge on any atom is 0.248 e. The van der Waals surface area contributed by atoms with Crippen molar-refractivity contribution in [2.45, 2.75) is 32.2 Å². The number of benzene rings is 1. The van der Waals surface area contributed by atoms with Crippen molar-refractivity contribution in [2.75, 3.05) is 39.9 Å². The van der Waals surface area contributed by atoms with Crippen LogP contribution in [0.2, 0.25) is 0 Å². The smallest absolute Gasteiger partial charge is 0.248 e. The molecule has 2 fully saturated rings. The summed E-state index contributed by atoms with van der Waals surface area (Å²) in [6, 6.07) is 8.51. The molecule has 1 aromatic carbocycles. The van der Waals surface area contributed by atoms with Crippen molar-refractivity contribution < 1.29 is 9.53 Å². The molecule has 2 aliphatic rings. The largest absolute Gasteiger partial charge is 0.375 e. The highest BCUT2D eigenvalue weighted by molar-refractivity contribution is 5.77. The number of hydrogen-bond acceptors (Lipinski definition) is 6. The zero-order chi connectivity index (χ0) is 23.0. The number of hydrogen-bond donors (Lipinski definition) is 2. The third-order valence-electron chi connectivity index (χ3n) is 7.15. The molecular formula is C24H31N7O2. The van der Waals surface area contributed by atoms with E-state index in [1.54, 1.807) is 7.11 Å². The molecule has 0 unspecified atom stereocenters. The van der Waals surface area contributed by atoms with E-state index in [4.69, 9.17) is 9.72 Å². The molecule has 2 aliphatic heterocycles. The third-order valence-corrected chi connectivity index (χ3v) is 7.15. The van der Waals surface area contributed by atoms with Crippen molar-refractivity contribution in [1.82, 2.24) is 35.2 Å². The van der Waals surface area contributed by atoms with Crippen LogP contribution in [0.5, 0.6) is 0 Å². The van der Waals surface area contributed by atoms with Crippen LogP contribution in [-0.2, 0) is 21.5 Å². The Morgan fingerprint density at radius 2 is 2.03 bits per heavy atom. The SMILES string of the molecule is COCC(=O)N1CC[C@@]2(c3n[nH]c(C)n3)CN(Cc3cn[nH]c3-c3ccc(C)cc3)C[C@H]2C1. The lowest BCUT2D eigenvalue weighted by Gasteiger charge is -2.41. The fourth-order valence-electron chi connectivity index (χ4n) is 5.42. The molecule has 0 radical (unpaired) electrons. The molecule has 0 bridgehead atoms. The summed E-state index contributed by atoms with van der Waals surface area (Å²) in [6.45, 7) is 8.07. The molecule has 1 amide bonds. The summed E-state index contributed by atoms with van der Waals surface area (Å²) in [5.74, 6) is 2.01. The number of nitrogens with one attached hydrogen (secondary N) is 2. The van der Waals surface area contributed by atoms with Crippen molar-refractivity contribution in [1.29, 1.82) is 0 Å². The van der Waals surface area contributed by atoms with Crippen LogP contribution < -0.4 is 0 Å². The van der Waals surface area contributed by atoms with Crippen molar-refractivity contribution in [3.8, 4) is 11.3 Å². The topological polar surface area (TPSA) is 103 Å². The number of methoxy groups -OCH3 is 1. The van der Waals surface area contributed by atoms with Gasteiger partial charge in [-0.2, -0.15) is 10.2 Å². The summed E-state index contributed by atoms with van der Waals surface area (Å²) in [5.41, 5.74) is 4.44. The number of nitrogens with zero attached hydrogens (tertiary/aromatic N) is 5. The number of fused-ring (bicyclic) bond motifs is 1. The molecule has 0 spiro atoms. The van der Waals surface area contributed by atoms with Gasteiger partial charge in [-0.25, -0.2) is 4.98 Å². The van der Waals surface area contributed by atoms with E-state index < -0.39 is 0 Å². The predicted molar refractivity (Wildman–Crippen MR) is 123 cm³/mol. The molecule has 9 nitrogen and oxygen atoms in total. The number of carbonyl (C=O) groups is 1. The van der Waals surface area contributed by atoms with Crippen LogP contribution in [0.1, 0.15) is 29.2 Å². The second kappa shape index (κ2) is 8.72. The number of amides is 1. The third kappa shape index (κ3) is 4.06. The number of aryl methyl sites for hydroxylation is 2. The van der Waals surface area contributed by atoms with Crippen LogP contribution in [-0.4, -0.2) is 81.0 Å². The Kier molecular flexibility index (Phi) is 5.76. The van der Waals surface area contributed by atoms with Crippen LogP contribution in [0.15, 0.2) is 30.5 Å². The standard InChI is InChI=1S/C24H31N7O2/c1-16-4-6-18(7-5-16)22-19(10-25-28-22)11-30-12-20-13-31(21(32)14-33-3)9-8-24(20,15-30)23-26-17(2)27-29-23/h4-7,10,20H,8-9,11-15H2,1-3H3,(H,25,28)(H,26,27,29)/t20-,24+/m0/s1. The highest BCUT2D eigenvalue weighted by Crippen LogP contribution is 2.44. The first kappa shape index (κ1) is 21.8. The first-order valence-electron chi connectivity index (χ1n) is 11.5. The maximum absolute atomic E-state index is 12.5. The van der Waals surface area contributed by atoms with Gasteiger partial charge in [-0.3, -0.25) is 19.9 Å². The summed E-state index contributed by atoms with van der Waals surface area (Å²) in [5, 5.41) is 15.1. The van der Waals surface area contributed by atoms with Gasteiger partial charge in [-0.05, 0) is 25.8 Å². The van der Waals surface area contributed by atoms with Gasteiger partial charge in [0, 0.05) is 51.3 Å². The molecule has 174 valence electrons. The van der Waals surface area contributed by atoms with Crippen LogP contribution in [0, 0.1) is 19.8 Å². The lowest BCUT2D eigenvalue weighted by Crippen LogP contribution is -2.52. The van der Waals surface area contributed by atoms with Gasteiger partial charge in [0.2, 0.25) is 5.91 Å². The average Bonchev–Trinajstić information content (AvgIpc) is 3.53. The number of rotatable bonds is 6. The fraction of sp³-hybridized carbons (Fsp3) is 0.500.